The van der Waals surface area contributed by atoms with Gasteiger partial charge in [0.05, 0.1) is 12.7 Å². The van der Waals surface area contributed by atoms with Gasteiger partial charge in [0.25, 0.3) is 5.91 Å². The second-order valence-electron chi connectivity index (χ2n) is 5.46. The number of halogens is 1. The van der Waals surface area contributed by atoms with Crippen molar-refractivity contribution in [2.75, 3.05) is 25.5 Å². The van der Waals surface area contributed by atoms with Crippen molar-refractivity contribution >= 4 is 23.2 Å². The van der Waals surface area contributed by atoms with Crippen LogP contribution in [0.2, 0.25) is 5.02 Å². The van der Waals surface area contributed by atoms with Crippen LogP contribution in [0.15, 0.2) is 42.5 Å². The average Bonchev–Trinajstić information content (AvgIpc) is 2.61. The summed E-state index contributed by atoms with van der Waals surface area (Å²) in [4.78, 5) is 14.8. The molecule has 2 aromatic rings. The van der Waals surface area contributed by atoms with Gasteiger partial charge in [-0.3, -0.25) is 9.69 Å². The highest BCUT2D eigenvalue weighted by atomic mass is 35.5. The van der Waals surface area contributed by atoms with Gasteiger partial charge in [-0.15, -0.1) is 0 Å². The second kappa shape index (κ2) is 8.71. The summed E-state index contributed by atoms with van der Waals surface area (Å²) in [5.41, 5.74) is 2.37. The van der Waals surface area contributed by atoms with Crippen LogP contribution >= 0.6 is 11.6 Å². The van der Waals surface area contributed by atoms with Crippen molar-refractivity contribution in [1.29, 1.82) is 0 Å². The summed E-state index contributed by atoms with van der Waals surface area (Å²) in [6, 6.07) is 12.9. The van der Waals surface area contributed by atoms with Crippen LogP contribution in [0.1, 0.15) is 29.8 Å². The number of hydrogen-bond acceptors (Lipinski definition) is 3. The summed E-state index contributed by atoms with van der Waals surface area (Å²) in [5, 5.41) is 3.37. The van der Waals surface area contributed by atoms with E-state index in [0.29, 0.717) is 16.3 Å². The number of nitrogens with zero attached hydrogens (tertiary/aromatic N) is 1. The molecule has 0 aliphatic heterocycles. The zero-order valence-corrected chi connectivity index (χ0v) is 15.1. The van der Waals surface area contributed by atoms with Gasteiger partial charge in [-0.2, -0.15) is 0 Å². The van der Waals surface area contributed by atoms with Crippen molar-refractivity contribution in [1.82, 2.24) is 4.90 Å². The number of rotatable bonds is 7. The minimum atomic E-state index is -0.245. The molecule has 0 spiro atoms. The van der Waals surface area contributed by atoms with Crippen LogP contribution in [0.4, 0.5) is 5.69 Å². The number of methoxy groups -OCH3 is 1. The van der Waals surface area contributed by atoms with E-state index in [9.17, 15) is 4.79 Å². The SMILES string of the molecule is CCN(CC)Cc1ccc(NC(=O)c2cc(Cl)ccc2OC)cc1. The summed E-state index contributed by atoms with van der Waals surface area (Å²) < 4.78 is 5.22. The molecule has 2 aromatic carbocycles. The lowest BCUT2D eigenvalue weighted by Crippen LogP contribution is -2.22. The van der Waals surface area contributed by atoms with E-state index in [-0.39, 0.29) is 5.91 Å². The molecular weight excluding hydrogens is 324 g/mol. The number of anilines is 1. The number of amides is 1. The molecule has 0 atom stereocenters. The number of nitrogens with one attached hydrogen (secondary N) is 1. The third-order valence-electron chi connectivity index (χ3n) is 3.92. The van der Waals surface area contributed by atoms with Gasteiger partial charge >= 0.3 is 0 Å². The standard InChI is InChI=1S/C19H23ClN2O2/c1-4-22(5-2)13-14-6-9-16(10-7-14)21-19(23)17-12-15(20)8-11-18(17)24-3/h6-12H,4-5,13H2,1-3H3,(H,21,23). The van der Waals surface area contributed by atoms with Crippen LogP contribution in [0.3, 0.4) is 0 Å². The number of hydrogen-bond donors (Lipinski definition) is 1. The first-order valence-electron chi connectivity index (χ1n) is 8.03. The Morgan fingerprint density at radius 1 is 1.12 bits per heavy atom. The zero-order chi connectivity index (χ0) is 17.5. The topological polar surface area (TPSA) is 41.6 Å². The lowest BCUT2D eigenvalue weighted by Gasteiger charge is -2.18. The van der Waals surface area contributed by atoms with Crippen molar-refractivity contribution in [2.24, 2.45) is 0 Å². The Kier molecular flexibility index (Phi) is 6.64. The fourth-order valence-corrected chi connectivity index (χ4v) is 2.63. The van der Waals surface area contributed by atoms with Gasteiger partial charge in [0.1, 0.15) is 5.75 Å². The highest BCUT2D eigenvalue weighted by molar-refractivity contribution is 6.31. The minimum Gasteiger partial charge on any atom is -0.496 e. The molecule has 1 amide bonds. The number of carbonyl (C=O) groups excluding carboxylic acids is 1. The average molecular weight is 347 g/mol. The predicted octanol–water partition coefficient (Wildman–Crippen LogP) is 4.44. The Bertz CT molecular complexity index is 682. The third-order valence-corrected chi connectivity index (χ3v) is 4.15. The van der Waals surface area contributed by atoms with Crippen molar-refractivity contribution in [3.8, 4) is 5.75 Å². The first-order valence-corrected chi connectivity index (χ1v) is 8.41. The van der Waals surface area contributed by atoms with E-state index in [4.69, 9.17) is 16.3 Å². The van der Waals surface area contributed by atoms with Crippen LogP contribution in [-0.4, -0.2) is 31.0 Å². The zero-order valence-electron chi connectivity index (χ0n) is 14.3. The molecule has 0 aromatic heterocycles. The fourth-order valence-electron chi connectivity index (χ4n) is 2.45. The molecule has 2 rings (SSSR count). The highest BCUT2D eigenvalue weighted by Gasteiger charge is 2.13. The molecule has 0 aliphatic rings. The maximum absolute atomic E-state index is 12.4. The Morgan fingerprint density at radius 2 is 1.79 bits per heavy atom. The lowest BCUT2D eigenvalue weighted by atomic mass is 10.1. The van der Waals surface area contributed by atoms with Crippen molar-refractivity contribution < 1.29 is 9.53 Å². The van der Waals surface area contributed by atoms with Crippen LogP contribution in [-0.2, 0) is 6.54 Å². The van der Waals surface area contributed by atoms with Crippen molar-refractivity contribution in [2.45, 2.75) is 20.4 Å². The molecule has 1 N–H and O–H groups in total. The number of ether oxygens (including phenoxy) is 1. The maximum atomic E-state index is 12.4. The molecule has 128 valence electrons. The summed E-state index contributed by atoms with van der Waals surface area (Å²) in [7, 11) is 1.53. The second-order valence-corrected chi connectivity index (χ2v) is 5.89. The molecule has 24 heavy (non-hydrogen) atoms. The van der Waals surface area contributed by atoms with Gasteiger partial charge in [-0.1, -0.05) is 37.6 Å². The number of benzene rings is 2. The molecule has 0 radical (unpaired) electrons. The Balaban J connectivity index is 2.08. The Morgan fingerprint density at radius 3 is 2.38 bits per heavy atom. The molecule has 0 aliphatic carbocycles. The van der Waals surface area contributed by atoms with Gasteiger partial charge in [-0.25, -0.2) is 0 Å². The Hall–Kier alpha value is -2.04. The molecule has 5 heteroatoms. The summed E-state index contributed by atoms with van der Waals surface area (Å²) in [6.07, 6.45) is 0. The molecular formula is C19H23ClN2O2. The smallest absolute Gasteiger partial charge is 0.259 e. The molecule has 4 nitrogen and oxygen atoms in total. The first-order chi connectivity index (χ1) is 11.6. The molecule has 0 heterocycles. The molecule has 0 fully saturated rings. The van der Waals surface area contributed by atoms with E-state index >= 15 is 0 Å². The van der Waals surface area contributed by atoms with Crippen molar-refractivity contribution in [3.05, 3.63) is 58.6 Å². The van der Waals surface area contributed by atoms with Crippen LogP contribution < -0.4 is 10.1 Å². The van der Waals surface area contributed by atoms with E-state index in [2.05, 4.69) is 24.1 Å². The maximum Gasteiger partial charge on any atom is 0.259 e. The molecule has 0 bridgehead atoms. The quantitative estimate of drug-likeness (QED) is 0.805. The minimum absolute atomic E-state index is 0.245. The number of carbonyl (C=O) groups is 1. The van der Waals surface area contributed by atoms with E-state index in [1.54, 1.807) is 18.2 Å². The normalized spacial score (nSPS) is 10.7. The van der Waals surface area contributed by atoms with Crippen LogP contribution in [0.25, 0.3) is 0 Å². The van der Waals surface area contributed by atoms with Gasteiger partial charge < -0.3 is 10.1 Å². The fraction of sp³-hybridized carbons (Fsp3) is 0.316. The van der Waals surface area contributed by atoms with Crippen LogP contribution in [0.5, 0.6) is 5.75 Å². The molecule has 0 saturated heterocycles. The Labute approximate surface area is 148 Å². The van der Waals surface area contributed by atoms with Gasteiger partial charge in [0, 0.05) is 17.3 Å². The first kappa shape index (κ1) is 18.3. The van der Waals surface area contributed by atoms with E-state index in [0.717, 1.165) is 25.3 Å². The summed E-state index contributed by atoms with van der Waals surface area (Å²) in [6.45, 7) is 7.24. The van der Waals surface area contributed by atoms with Crippen molar-refractivity contribution in [3.63, 3.8) is 0 Å². The monoisotopic (exact) mass is 346 g/mol. The van der Waals surface area contributed by atoms with E-state index < -0.39 is 0 Å². The summed E-state index contributed by atoms with van der Waals surface area (Å²) in [5.74, 6) is 0.251. The van der Waals surface area contributed by atoms with Crippen LogP contribution in [0, 0.1) is 0 Å². The van der Waals surface area contributed by atoms with Gasteiger partial charge in [-0.05, 0) is 49.0 Å². The molecule has 0 unspecified atom stereocenters. The third kappa shape index (κ3) is 4.73. The largest absolute Gasteiger partial charge is 0.496 e. The molecule has 0 saturated carbocycles. The van der Waals surface area contributed by atoms with Gasteiger partial charge in [0.15, 0.2) is 0 Å². The van der Waals surface area contributed by atoms with Gasteiger partial charge in [0.2, 0.25) is 0 Å². The summed E-state index contributed by atoms with van der Waals surface area (Å²) >= 11 is 5.98. The van der Waals surface area contributed by atoms with E-state index in [1.807, 2.05) is 24.3 Å². The highest BCUT2D eigenvalue weighted by Crippen LogP contribution is 2.24. The lowest BCUT2D eigenvalue weighted by molar-refractivity contribution is 0.102. The van der Waals surface area contributed by atoms with E-state index in [1.165, 1.54) is 12.7 Å². The predicted molar refractivity (Wildman–Crippen MR) is 99.0 cm³/mol.